The van der Waals surface area contributed by atoms with Crippen molar-refractivity contribution >= 4 is 65.4 Å². The summed E-state index contributed by atoms with van der Waals surface area (Å²) in [6.45, 7) is 0. The average Bonchev–Trinajstić information content (AvgIpc) is 0.800. The van der Waals surface area contributed by atoms with Crippen molar-refractivity contribution in [1.82, 2.24) is 54.8 Å². The van der Waals surface area contributed by atoms with Gasteiger partial charge in [-0.2, -0.15) is 0 Å². The maximum Gasteiger partial charge on any atom is 0.164 e. The summed E-state index contributed by atoms with van der Waals surface area (Å²) >= 11 is 0. The standard InChI is InChI=1S/C49H31N5.C48H30N6/c1-3-10-32(11-4-1)46-31-47(54-49(53-46)36-12-5-2-6-13-36)39-16-7-15-37(28-39)38-21-19-33-23-25-42(51-44(33)29-38)40-22-20-34-24-26-43(52-45(34)30-40)41-18-8-14-35-17-9-27-50-48(35)41;1-3-9-35(10-4-1)46-52-47(36-11-5-2-6-12-36)54-48(53-46)37-20-16-31(17-21-37)38-22-18-32-24-26-41(50-43(32)29-38)39-23-19-33-25-27-42(51-44(33)30-39)40-15-7-13-34-14-8-28-49-45(34)40/h1-31H;1-30H. The van der Waals surface area contributed by atoms with Gasteiger partial charge in [0.1, 0.15) is 0 Å². The van der Waals surface area contributed by atoms with E-state index < -0.39 is 0 Å². The maximum atomic E-state index is 5.17. The zero-order valence-electron chi connectivity index (χ0n) is 58.1. The monoisotopic (exact) mass is 1380 g/mol. The van der Waals surface area contributed by atoms with E-state index in [1.165, 1.54) is 0 Å². The molecule has 0 saturated heterocycles. The number of rotatable bonds is 12. The van der Waals surface area contributed by atoms with Gasteiger partial charge in [-0.25, -0.2) is 44.9 Å². The highest BCUT2D eigenvalue weighted by atomic mass is 15.0. The molecule has 0 radical (unpaired) electrons. The van der Waals surface area contributed by atoms with Crippen molar-refractivity contribution in [2.24, 2.45) is 0 Å². The van der Waals surface area contributed by atoms with Crippen LogP contribution in [0.4, 0.5) is 0 Å². The highest BCUT2D eigenvalue weighted by Crippen LogP contribution is 2.37. The van der Waals surface area contributed by atoms with Gasteiger partial charge in [0.2, 0.25) is 0 Å². The van der Waals surface area contributed by atoms with Gasteiger partial charge in [0.05, 0.1) is 67.3 Å². The minimum absolute atomic E-state index is 0.629. The topological polar surface area (TPSA) is 142 Å². The second kappa shape index (κ2) is 28.1. The molecule has 0 aliphatic rings. The zero-order valence-corrected chi connectivity index (χ0v) is 58.1. The lowest BCUT2D eigenvalue weighted by atomic mass is 9.99. The van der Waals surface area contributed by atoms with Crippen LogP contribution in [0.2, 0.25) is 0 Å². The molecule has 0 unspecified atom stereocenters. The smallest absolute Gasteiger partial charge is 0.164 e. The number of hydrogen-bond acceptors (Lipinski definition) is 11. The van der Waals surface area contributed by atoms with Crippen LogP contribution < -0.4 is 0 Å². The van der Waals surface area contributed by atoms with Gasteiger partial charge in [-0.1, -0.05) is 285 Å². The van der Waals surface area contributed by atoms with Gasteiger partial charge in [-0.3, -0.25) is 9.97 Å². The van der Waals surface area contributed by atoms with Crippen molar-refractivity contribution < 1.29 is 0 Å². The van der Waals surface area contributed by atoms with Crippen LogP contribution in [0.15, 0.2) is 370 Å². The first-order valence-electron chi connectivity index (χ1n) is 35.8. The summed E-state index contributed by atoms with van der Waals surface area (Å²) in [6, 6.07) is 123. The third-order valence-corrected chi connectivity index (χ3v) is 19.7. The van der Waals surface area contributed by atoms with Crippen molar-refractivity contribution in [3.8, 4) is 135 Å². The highest BCUT2D eigenvalue weighted by molar-refractivity contribution is 5.97. The number of benzene rings is 12. The number of hydrogen-bond donors (Lipinski definition) is 0. The Morgan fingerprint density at radius 2 is 0.444 bits per heavy atom. The second-order valence-corrected chi connectivity index (χ2v) is 26.6. The van der Waals surface area contributed by atoms with Gasteiger partial charge in [0.15, 0.2) is 23.3 Å². The lowest BCUT2D eigenvalue weighted by molar-refractivity contribution is 1.07. The molecule has 0 saturated carbocycles. The third kappa shape index (κ3) is 13.0. The molecule has 0 fully saturated rings. The Morgan fingerprint density at radius 1 is 0.148 bits per heavy atom. The first-order chi connectivity index (χ1) is 53.4. The van der Waals surface area contributed by atoms with E-state index in [9.17, 15) is 0 Å². The summed E-state index contributed by atoms with van der Waals surface area (Å²) in [5.41, 5.74) is 25.2. The fourth-order valence-electron chi connectivity index (χ4n) is 14.1. The Kier molecular flexibility index (Phi) is 16.7. The number of fused-ring (bicyclic) bond motifs is 6. The molecule has 0 amide bonds. The van der Waals surface area contributed by atoms with E-state index in [4.69, 9.17) is 44.9 Å². The lowest BCUT2D eigenvalue weighted by Gasteiger charge is -2.11. The molecule has 8 heterocycles. The van der Waals surface area contributed by atoms with E-state index >= 15 is 0 Å². The van der Waals surface area contributed by atoms with Crippen molar-refractivity contribution in [3.63, 3.8) is 0 Å². The van der Waals surface area contributed by atoms with E-state index in [0.29, 0.717) is 23.3 Å². The molecule has 0 spiro atoms. The minimum Gasteiger partial charge on any atom is -0.256 e. The number of nitrogens with zero attached hydrogens (tertiary/aromatic N) is 11. The zero-order chi connectivity index (χ0) is 71.7. The van der Waals surface area contributed by atoms with Gasteiger partial charge < -0.3 is 0 Å². The Morgan fingerprint density at radius 3 is 0.907 bits per heavy atom. The fourth-order valence-corrected chi connectivity index (χ4v) is 14.1. The van der Waals surface area contributed by atoms with Crippen molar-refractivity contribution in [3.05, 3.63) is 370 Å². The van der Waals surface area contributed by atoms with E-state index in [0.717, 1.165) is 177 Å². The van der Waals surface area contributed by atoms with Crippen LogP contribution in [0.1, 0.15) is 0 Å². The van der Waals surface area contributed by atoms with Crippen LogP contribution in [-0.2, 0) is 0 Å². The molecule has 20 aromatic rings. The van der Waals surface area contributed by atoms with Crippen LogP contribution in [-0.4, -0.2) is 54.8 Å². The molecule has 8 aromatic heterocycles. The normalized spacial score (nSPS) is 11.3. The molecule has 504 valence electrons. The minimum atomic E-state index is 0.629. The van der Waals surface area contributed by atoms with Gasteiger partial charge in [0.25, 0.3) is 0 Å². The van der Waals surface area contributed by atoms with Crippen molar-refractivity contribution in [2.45, 2.75) is 0 Å². The molecule has 0 aliphatic carbocycles. The SMILES string of the molecule is c1ccc(-c2cc(-c3cccc(-c4ccc5ccc(-c6ccc7ccc(-c8cccc9cccnc89)nc7c6)nc5c4)c3)nc(-c3ccccc3)n2)cc1.c1ccc(-c2nc(-c3ccccc3)nc(-c3ccc(-c4ccc5ccc(-c6ccc7ccc(-c8cccc9cccnc89)nc7c6)nc5c4)cc3)n2)cc1. The number of aromatic nitrogens is 11. The highest BCUT2D eigenvalue weighted by Gasteiger charge is 2.18. The van der Waals surface area contributed by atoms with Crippen LogP contribution in [0.5, 0.6) is 0 Å². The molecule has 12 aromatic carbocycles. The Hall–Kier alpha value is -14.8. The lowest BCUT2D eigenvalue weighted by Crippen LogP contribution is -2.00. The molecule has 0 N–H and O–H groups in total. The van der Waals surface area contributed by atoms with E-state index in [1.54, 1.807) is 0 Å². The summed E-state index contributed by atoms with van der Waals surface area (Å²) in [5.74, 6) is 2.62. The van der Waals surface area contributed by atoms with Crippen LogP contribution >= 0.6 is 0 Å². The first kappa shape index (κ1) is 64.1. The summed E-state index contributed by atoms with van der Waals surface area (Å²) in [7, 11) is 0. The molecule has 11 heteroatoms. The number of para-hydroxylation sites is 2. The maximum absolute atomic E-state index is 5.17. The Labute approximate surface area is 622 Å². The predicted octanol–water partition coefficient (Wildman–Crippen LogP) is 23.6. The van der Waals surface area contributed by atoms with Crippen molar-refractivity contribution in [2.75, 3.05) is 0 Å². The van der Waals surface area contributed by atoms with Crippen LogP contribution in [0, 0.1) is 0 Å². The van der Waals surface area contributed by atoms with Gasteiger partial charge in [-0.05, 0) is 95.1 Å². The van der Waals surface area contributed by atoms with Crippen molar-refractivity contribution in [1.29, 1.82) is 0 Å². The third-order valence-electron chi connectivity index (χ3n) is 19.7. The molecular weight excluding hydrogens is 1320 g/mol. The second-order valence-electron chi connectivity index (χ2n) is 26.6. The van der Waals surface area contributed by atoms with Crippen LogP contribution in [0.3, 0.4) is 0 Å². The quantitative estimate of drug-likeness (QED) is 0.115. The first-order valence-corrected chi connectivity index (χ1v) is 35.8. The molecule has 11 nitrogen and oxygen atoms in total. The Bertz CT molecular complexity index is 6670. The number of pyridine rings is 6. The van der Waals surface area contributed by atoms with Gasteiger partial charge >= 0.3 is 0 Å². The molecular formula is C97H61N11. The average molecular weight is 1380 g/mol. The van der Waals surface area contributed by atoms with E-state index in [-0.39, 0.29) is 0 Å². The summed E-state index contributed by atoms with van der Waals surface area (Å²) in [5, 5.41) is 6.51. The summed E-state index contributed by atoms with van der Waals surface area (Å²) in [6.07, 6.45) is 3.66. The summed E-state index contributed by atoms with van der Waals surface area (Å²) < 4.78 is 0. The van der Waals surface area contributed by atoms with Gasteiger partial charge in [0, 0.05) is 100 Å². The molecule has 0 bridgehead atoms. The van der Waals surface area contributed by atoms with E-state index in [1.807, 2.05) is 122 Å². The molecule has 108 heavy (non-hydrogen) atoms. The molecule has 20 rings (SSSR count). The van der Waals surface area contributed by atoms with Gasteiger partial charge in [-0.15, -0.1) is 0 Å². The Balaban J connectivity index is 0.000000147. The largest absolute Gasteiger partial charge is 0.256 e. The van der Waals surface area contributed by atoms with E-state index in [2.05, 4.69) is 259 Å². The fraction of sp³-hybridized carbons (Fsp3) is 0. The summed E-state index contributed by atoms with van der Waals surface area (Å²) in [4.78, 5) is 54.4. The van der Waals surface area contributed by atoms with Crippen LogP contribution in [0.25, 0.3) is 201 Å². The molecule has 0 atom stereocenters. The predicted molar refractivity (Wildman–Crippen MR) is 439 cm³/mol. The molecule has 0 aliphatic heterocycles.